The summed E-state index contributed by atoms with van der Waals surface area (Å²) in [5, 5.41) is 3.25. The molecule has 2 heterocycles. The Kier molecular flexibility index (Phi) is 5.17. The molecule has 116 valence electrons. The fourth-order valence-corrected chi connectivity index (χ4v) is 2.25. The van der Waals surface area contributed by atoms with Gasteiger partial charge in [-0.1, -0.05) is 0 Å². The molecule has 0 atom stereocenters. The van der Waals surface area contributed by atoms with Crippen molar-refractivity contribution < 1.29 is 22.7 Å². The van der Waals surface area contributed by atoms with Gasteiger partial charge in [-0.2, -0.15) is 13.2 Å². The Morgan fingerprint density at radius 2 is 2.05 bits per heavy atom. The number of carbonyl (C=O) groups is 1. The van der Waals surface area contributed by atoms with Crippen LogP contribution < -0.4 is 5.32 Å². The van der Waals surface area contributed by atoms with Gasteiger partial charge in [-0.25, -0.2) is 4.79 Å². The molecule has 0 amide bonds. The molecule has 2 rings (SSSR count). The number of ether oxygens (including phenoxy) is 1. The Morgan fingerprint density at radius 3 is 2.62 bits per heavy atom. The largest absolute Gasteiger partial charge is 0.462 e. The first kappa shape index (κ1) is 15.8. The molecule has 7 heteroatoms. The van der Waals surface area contributed by atoms with Gasteiger partial charge in [0.15, 0.2) is 0 Å². The first-order valence-electron chi connectivity index (χ1n) is 6.88. The summed E-state index contributed by atoms with van der Waals surface area (Å²) < 4.78 is 42.1. The van der Waals surface area contributed by atoms with E-state index in [4.69, 9.17) is 4.74 Å². The lowest BCUT2D eigenvalue weighted by Gasteiger charge is -2.22. The summed E-state index contributed by atoms with van der Waals surface area (Å²) in [6, 6.07) is 1.87. The highest BCUT2D eigenvalue weighted by Crippen LogP contribution is 2.27. The molecular weight excluding hydrogens is 285 g/mol. The van der Waals surface area contributed by atoms with E-state index in [1.165, 1.54) is 0 Å². The van der Waals surface area contributed by atoms with Crippen LogP contribution in [-0.4, -0.2) is 30.6 Å². The van der Waals surface area contributed by atoms with Crippen LogP contribution in [0, 0.1) is 5.92 Å². The van der Waals surface area contributed by atoms with Crippen LogP contribution in [0.15, 0.2) is 18.3 Å². The first-order valence-corrected chi connectivity index (χ1v) is 6.88. The number of nitrogens with zero attached hydrogens (tertiary/aromatic N) is 1. The lowest BCUT2D eigenvalue weighted by Crippen LogP contribution is -2.28. The molecule has 0 bridgehead atoms. The van der Waals surface area contributed by atoms with Gasteiger partial charge >= 0.3 is 12.1 Å². The van der Waals surface area contributed by atoms with E-state index >= 15 is 0 Å². The molecule has 1 aromatic heterocycles. The number of alkyl halides is 3. The van der Waals surface area contributed by atoms with Crippen molar-refractivity contribution in [3.8, 4) is 0 Å². The maximum atomic E-state index is 12.3. The van der Waals surface area contributed by atoms with Crippen molar-refractivity contribution in [2.24, 2.45) is 5.92 Å². The molecule has 1 N–H and O–H groups in total. The van der Waals surface area contributed by atoms with Crippen molar-refractivity contribution in [2.45, 2.75) is 25.4 Å². The summed E-state index contributed by atoms with van der Waals surface area (Å²) >= 11 is 0. The van der Waals surface area contributed by atoms with Crippen molar-refractivity contribution in [2.75, 3.05) is 19.7 Å². The van der Waals surface area contributed by atoms with Crippen molar-refractivity contribution in [1.29, 1.82) is 0 Å². The molecular formula is C14H17F3N2O2. The smallest absolute Gasteiger partial charge is 0.433 e. The number of esters is 1. The van der Waals surface area contributed by atoms with Crippen LogP contribution in [0.5, 0.6) is 0 Å². The Labute approximate surface area is 120 Å². The van der Waals surface area contributed by atoms with Crippen molar-refractivity contribution in [3.63, 3.8) is 0 Å². The number of aromatic nitrogens is 1. The monoisotopic (exact) mass is 302 g/mol. The number of carbonyl (C=O) groups excluding carboxylic acids is 1. The van der Waals surface area contributed by atoms with Crippen molar-refractivity contribution in [3.05, 3.63) is 29.6 Å². The average Bonchev–Trinajstić information content (AvgIpc) is 2.47. The Bertz CT molecular complexity index is 468. The van der Waals surface area contributed by atoms with Crippen molar-refractivity contribution in [1.82, 2.24) is 10.3 Å². The normalized spacial score (nSPS) is 16.7. The van der Waals surface area contributed by atoms with E-state index in [1.54, 1.807) is 0 Å². The molecule has 4 nitrogen and oxygen atoms in total. The molecule has 21 heavy (non-hydrogen) atoms. The summed E-state index contributed by atoms with van der Waals surface area (Å²) in [4.78, 5) is 14.9. The molecule has 1 fully saturated rings. The number of pyridine rings is 1. The van der Waals surface area contributed by atoms with E-state index in [0.717, 1.165) is 50.7 Å². The first-order chi connectivity index (χ1) is 9.97. The minimum absolute atomic E-state index is 0.0355. The van der Waals surface area contributed by atoms with Crippen molar-refractivity contribution >= 4 is 5.97 Å². The molecule has 1 aliphatic rings. The second kappa shape index (κ2) is 6.89. The number of hydrogen-bond acceptors (Lipinski definition) is 4. The summed E-state index contributed by atoms with van der Waals surface area (Å²) in [5.74, 6) is -0.102. The lowest BCUT2D eigenvalue weighted by atomic mass is 9.95. The second-order valence-corrected chi connectivity index (χ2v) is 5.05. The third-order valence-corrected chi connectivity index (χ3v) is 3.51. The van der Waals surface area contributed by atoms with E-state index < -0.39 is 17.8 Å². The van der Waals surface area contributed by atoms with E-state index in [1.807, 2.05) is 0 Å². The SMILES string of the molecule is O=C(OCCC1CCNCC1)c1ccc(C(F)(F)F)nc1. The van der Waals surface area contributed by atoms with Crippen LogP contribution in [0.4, 0.5) is 13.2 Å². The number of rotatable bonds is 4. The van der Waals surface area contributed by atoms with E-state index in [9.17, 15) is 18.0 Å². The number of hydrogen-bond donors (Lipinski definition) is 1. The molecule has 0 saturated carbocycles. The molecule has 0 aliphatic carbocycles. The molecule has 1 aromatic rings. The van der Waals surface area contributed by atoms with E-state index in [0.29, 0.717) is 5.92 Å². The zero-order chi connectivity index (χ0) is 15.3. The predicted octanol–water partition coefficient (Wildman–Crippen LogP) is 2.65. The molecule has 0 unspecified atom stereocenters. The van der Waals surface area contributed by atoms with Crippen LogP contribution in [0.1, 0.15) is 35.3 Å². The fourth-order valence-electron chi connectivity index (χ4n) is 2.25. The third-order valence-electron chi connectivity index (χ3n) is 3.51. The molecule has 0 radical (unpaired) electrons. The highest BCUT2D eigenvalue weighted by atomic mass is 19.4. The van der Waals surface area contributed by atoms with Gasteiger partial charge in [-0.15, -0.1) is 0 Å². The summed E-state index contributed by atoms with van der Waals surface area (Å²) in [7, 11) is 0. The topological polar surface area (TPSA) is 51.2 Å². The van der Waals surface area contributed by atoms with E-state index in [2.05, 4.69) is 10.3 Å². The Hall–Kier alpha value is -1.63. The van der Waals surface area contributed by atoms with Crippen LogP contribution in [0.3, 0.4) is 0 Å². The number of halogens is 3. The molecule has 0 spiro atoms. The Morgan fingerprint density at radius 1 is 1.33 bits per heavy atom. The maximum absolute atomic E-state index is 12.3. The fraction of sp³-hybridized carbons (Fsp3) is 0.571. The van der Waals surface area contributed by atoms with Gasteiger partial charge in [0, 0.05) is 6.20 Å². The Balaban J connectivity index is 1.80. The minimum Gasteiger partial charge on any atom is -0.462 e. The van der Waals surface area contributed by atoms with Crippen LogP contribution >= 0.6 is 0 Å². The predicted molar refractivity (Wildman–Crippen MR) is 69.7 cm³/mol. The third kappa shape index (κ3) is 4.70. The van der Waals surface area contributed by atoms with Crippen LogP contribution in [-0.2, 0) is 10.9 Å². The zero-order valence-electron chi connectivity index (χ0n) is 11.4. The van der Waals surface area contributed by atoms with Crippen LogP contribution in [0.25, 0.3) is 0 Å². The number of piperidine rings is 1. The maximum Gasteiger partial charge on any atom is 0.433 e. The average molecular weight is 302 g/mol. The summed E-state index contributed by atoms with van der Waals surface area (Å²) in [6.45, 7) is 2.23. The standard InChI is InChI=1S/C14H17F3N2O2/c15-14(16,17)12-2-1-11(9-19-12)13(20)21-8-5-10-3-6-18-7-4-10/h1-2,9-10,18H,3-8H2. The summed E-state index contributed by atoms with van der Waals surface area (Å²) in [5.41, 5.74) is -0.984. The second-order valence-electron chi connectivity index (χ2n) is 5.05. The van der Waals surface area contributed by atoms with Gasteiger partial charge in [0.2, 0.25) is 0 Å². The van der Waals surface area contributed by atoms with Crippen LogP contribution in [0.2, 0.25) is 0 Å². The lowest BCUT2D eigenvalue weighted by molar-refractivity contribution is -0.141. The van der Waals surface area contributed by atoms with Gasteiger partial charge in [0.05, 0.1) is 12.2 Å². The van der Waals surface area contributed by atoms with Gasteiger partial charge < -0.3 is 10.1 Å². The molecule has 1 saturated heterocycles. The van der Waals surface area contributed by atoms with Gasteiger partial charge in [-0.3, -0.25) is 4.98 Å². The van der Waals surface area contributed by atoms with Gasteiger partial charge in [0.25, 0.3) is 0 Å². The zero-order valence-corrected chi connectivity index (χ0v) is 11.4. The highest BCUT2D eigenvalue weighted by molar-refractivity contribution is 5.88. The summed E-state index contributed by atoms with van der Waals surface area (Å²) in [6.07, 6.45) is -0.715. The van der Waals surface area contributed by atoms with E-state index in [-0.39, 0.29) is 12.2 Å². The molecule has 1 aliphatic heterocycles. The molecule has 0 aromatic carbocycles. The van der Waals surface area contributed by atoms with Gasteiger partial charge in [-0.05, 0) is 50.4 Å². The minimum atomic E-state index is -4.50. The van der Waals surface area contributed by atoms with Gasteiger partial charge in [0.1, 0.15) is 5.69 Å². The number of nitrogens with one attached hydrogen (secondary N) is 1. The quantitative estimate of drug-likeness (QED) is 0.869. The highest BCUT2D eigenvalue weighted by Gasteiger charge is 2.32.